The van der Waals surface area contributed by atoms with Crippen molar-refractivity contribution in [3.63, 3.8) is 0 Å². The van der Waals surface area contributed by atoms with E-state index in [-0.39, 0.29) is 23.6 Å². The largest absolute Gasteiger partial charge is 0.504 e. The third-order valence-corrected chi connectivity index (χ3v) is 9.99. The van der Waals surface area contributed by atoms with Crippen LogP contribution in [0, 0.1) is 0 Å². The van der Waals surface area contributed by atoms with Crippen molar-refractivity contribution in [3.8, 4) is 46.0 Å². The zero-order chi connectivity index (χ0) is 31.5. The number of rotatable bonds is 2. The number of nitrogens with zero attached hydrogens (tertiary/aromatic N) is 2. The lowest BCUT2D eigenvalue weighted by Gasteiger charge is -2.43. The first-order valence-corrected chi connectivity index (χ1v) is 15.6. The first-order valence-electron chi connectivity index (χ1n) is 15.6. The fraction of sp³-hybridized carbons (Fsp3) is 0.351. The first kappa shape index (κ1) is 29.3. The molecule has 6 bridgehead atoms. The van der Waals surface area contributed by atoms with E-state index in [2.05, 4.69) is 50.3 Å². The Bertz CT molecular complexity index is 1770. The van der Waals surface area contributed by atoms with Crippen LogP contribution < -0.4 is 18.9 Å². The average Bonchev–Trinajstić information content (AvgIpc) is 3.03. The zero-order valence-electron chi connectivity index (χ0n) is 26.6. The van der Waals surface area contributed by atoms with E-state index in [4.69, 9.17) is 18.9 Å². The lowest BCUT2D eigenvalue weighted by Crippen LogP contribution is -2.48. The van der Waals surface area contributed by atoms with Crippen LogP contribution >= 0.6 is 0 Å². The number of quaternary nitrogens is 1. The number of hydrogen-bond donors (Lipinski definition) is 2. The highest BCUT2D eigenvalue weighted by atomic mass is 16.5. The van der Waals surface area contributed by atoms with Gasteiger partial charge in [0.1, 0.15) is 11.8 Å². The summed E-state index contributed by atoms with van der Waals surface area (Å²) in [5.41, 5.74) is 6.66. The van der Waals surface area contributed by atoms with E-state index in [0.29, 0.717) is 45.4 Å². The molecule has 4 heterocycles. The minimum absolute atomic E-state index is 0.00157. The van der Waals surface area contributed by atoms with Gasteiger partial charge in [-0.1, -0.05) is 18.2 Å². The quantitative estimate of drug-likeness (QED) is 0.245. The second-order valence-electron chi connectivity index (χ2n) is 13.1. The summed E-state index contributed by atoms with van der Waals surface area (Å²) in [4.78, 5) is 2.38. The van der Waals surface area contributed by atoms with Crippen molar-refractivity contribution < 1.29 is 33.6 Å². The van der Waals surface area contributed by atoms with Crippen molar-refractivity contribution in [3.05, 3.63) is 94.0 Å². The highest BCUT2D eigenvalue weighted by molar-refractivity contribution is 5.61. The Labute approximate surface area is 264 Å². The molecule has 4 aliphatic rings. The predicted molar refractivity (Wildman–Crippen MR) is 172 cm³/mol. The van der Waals surface area contributed by atoms with Crippen LogP contribution in [0.4, 0.5) is 0 Å². The van der Waals surface area contributed by atoms with Gasteiger partial charge in [-0.3, -0.25) is 4.90 Å². The van der Waals surface area contributed by atoms with Crippen LogP contribution in [-0.2, 0) is 25.7 Å². The number of phenols is 2. The van der Waals surface area contributed by atoms with Crippen LogP contribution in [0.1, 0.15) is 45.5 Å². The minimum atomic E-state index is -0.0503. The number of phenolic OH excluding ortho intramolecular Hbond substituents is 2. The highest BCUT2D eigenvalue weighted by Crippen LogP contribution is 2.51. The summed E-state index contributed by atoms with van der Waals surface area (Å²) in [6.07, 6.45) is 3.16. The van der Waals surface area contributed by atoms with E-state index in [1.807, 2.05) is 30.3 Å². The van der Waals surface area contributed by atoms with Crippen LogP contribution in [0.3, 0.4) is 0 Å². The van der Waals surface area contributed by atoms with Crippen LogP contribution in [0.25, 0.3) is 0 Å². The summed E-state index contributed by atoms with van der Waals surface area (Å²) in [6, 6.07) is 19.9. The van der Waals surface area contributed by atoms with Crippen molar-refractivity contribution in [1.82, 2.24) is 4.90 Å². The summed E-state index contributed by atoms with van der Waals surface area (Å²) in [5.74, 6) is 3.14. The first-order chi connectivity index (χ1) is 21.6. The third-order valence-electron chi connectivity index (χ3n) is 9.99. The molecule has 0 fully saturated rings. The molecule has 4 aliphatic heterocycles. The molecule has 4 aromatic rings. The van der Waals surface area contributed by atoms with Crippen molar-refractivity contribution in [2.24, 2.45) is 0 Å². The second-order valence-corrected chi connectivity index (χ2v) is 13.1. The molecule has 8 nitrogen and oxygen atoms in total. The summed E-state index contributed by atoms with van der Waals surface area (Å²) in [6.45, 7) is 1.84. The van der Waals surface area contributed by atoms with Gasteiger partial charge in [0, 0.05) is 25.4 Å². The average molecular weight is 610 g/mol. The van der Waals surface area contributed by atoms with Gasteiger partial charge in [-0.15, -0.1) is 0 Å². The van der Waals surface area contributed by atoms with Crippen molar-refractivity contribution in [1.29, 1.82) is 0 Å². The van der Waals surface area contributed by atoms with E-state index in [1.54, 1.807) is 20.3 Å². The Morgan fingerprint density at radius 1 is 0.800 bits per heavy atom. The number of ether oxygens (including phenoxy) is 4. The monoisotopic (exact) mass is 609 g/mol. The number of fused-ring (bicyclic) bond motifs is 2. The van der Waals surface area contributed by atoms with Crippen molar-refractivity contribution in [2.45, 2.75) is 37.8 Å². The highest BCUT2D eigenvalue weighted by Gasteiger charge is 2.41. The molecule has 8 rings (SSSR count). The molecule has 0 saturated heterocycles. The van der Waals surface area contributed by atoms with Crippen molar-refractivity contribution in [2.75, 3.05) is 48.5 Å². The SMILES string of the molecule is COc1cc2c3cc1Oc1cc(ccc1O)C[C@H]1c4c(cc(OC)c(O)c4Oc4ccc(cc4)C[C@H]3N(C)CC2)CC[N+]1(C)C. The Hall–Kier alpha value is -4.40. The van der Waals surface area contributed by atoms with Gasteiger partial charge in [-0.2, -0.15) is 0 Å². The van der Waals surface area contributed by atoms with Crippen LogP contribution in [0.2, 0.25) is 0 Å². The van der Waals surface area contributed by atoms with Gasteiger partial charge in [0.2, 0.25) is 5.75 Å². The van der Waals surface area contributed by atoms with E-state index in [1.165, 1.54) is 16.7 Å². The van der Waals surface area contributed by atoms with Gasteiger partial charge >= 0.3 is 0 Å². The van der Waals surface area contributed by atoms with Gasteiger partial charge in [-0.25, -0.2) is 0 Å². The summed E-state index contributed by atoms with van der Waals surface area (Å²) >= 11 is 0. The Morgan fingerprint density at radius 3 is 2.29 bits per heavy atom. The number of benzene rings is 4. The Kier molecular flexibility index (Phi) is 7.29. The Balaban J connectivity index is 1.43. The third kappa shape index (κ3) is 5.22. The molecule has 234 valence electrons. The maximum Gasteiger partial charge on any atom is 0.201 e. The summed E-state index contributed by atoms with van der Waals surface area (Å²) in [7, 11) is 9.80. The van der Waals surface area contributed by atoms with Gasteiger partial charge in [0.25, 0.3) is 0 Å². The second kappa shape index (κ2) is 11.2. The fourth-order valence-electron chi connectivity index (χ4n) is 7.27. The van der Waals surface area contributed by atoms with E-state index < -0.39 is 0 Å². The molecule has 4 aromatic carbocycles. The maximum absolute atomic E-state index is 11.5. The van der Waals surface area contributed by atoms with E-state index in [9.17, 15) is 10.2 Å². The smallest absolute Gasteiger partial charge is 0.201 e. The van der Waals surface area contributed by atoms with Gasteiger partial charge in [0.15, 0.2) is 34.5 Å². The fourth-order valence-corrected chi connectivity index (χ4v) is 7.27. The summed E-state index contributed by atoms with van der Waals surface area (Å²) in [5, 5.41) is 22.4. The molecule has 0 aromatic heterocycles. The van der Waals surface area contributed by atoms with E-state index >= 15 is 0 Å². The zero-order valence-corrected chi connectivity index (χ0v) is 26.6. The number of methoxy groups -OCH3 is 2. The molecule has 0 unspecified atom stereocenters. The molecule has 0 spiro atoms. The van der Waals surface area contributed by atoms with Gasteiger partial charge in [0.05, 0.1) is 40.4 Å². The molecule has 2 N–H and O–H groups in total. The minimum Gasteiger partial charge on any atom is -0.504 e. The topological polar surface area (TPSA) is 80.6 Å². The molecule has 45 heavy (non-hydrogen) atoms. The van der Waals surface area contributed by atoms with Crippen LogP contribution in [0.5, 0.6) is 46.0 Å². The van der Waals surface area contributed by atoms with E-state index in [0.717, 1.165) is 49.0 Å². The number of likely N-dealkylation sites (N-methyl/N-ethyl adjacent to an activating group) is 2. The van der Waals surface area contributed by atoms with Gasteiger partial charge < -0.3 is 33.6 Å². The molecule has 0 saturated carbocycles. The van der Waals surface area contributed by atoms with Gasteiger partial charge in [-0.05, 0) is 90.2 Å². The molecule has 8 heteroatoms. The van der Waals surface area contributed by atoms with Crippen LogP contribution in [0.15, 0.2) is 60.7 Å². The molecule has 0 amide bonds. The maximum atomic E-state index is 11.5. The molecular weight excluding hydrogens is 568 g/mol. The normalized spacial score (nSPS) is 20.2. The lowest BCUT2D eigenvalue weighted by molar-refractivity contribution is -0.923. The predicted octanol–water partition coefficient (Wildman–Crippen LogP) is 6.70. The number of hydrogen-bond acceptors (Lipinski definition) is 7. The molecule has 2 atom stereocenters. The van der Waals surface area contributed by atoms with Crippen molar-refractivity contribution >= 4 is 0 Å². The lowest BCUT2D eigenvalue weighted by atomic mass is 9.86. The number of aromatic hydroxyl groups is 2. The van der Waals surface area contributed by atoms with Crippen LogP contribution in [-0.4, -0.2) is 68.0 Å². The standard InChI is InChI=1S/C37H40N2O6/c1-38-14-12-24-19-32(42-4)33-21-27(24)28(38)16-22-6-9-26(10-7-22)44-37-35-25(20-34(43-5)36(37)41)13-15-39(2,3)29(35)17-23-8-11-30(40)31(18-23)45-33/h6-11,18-21,28-29H,12-17H2,1-5H3,(H-,40,41)/p+1/t28-,29+/m1/s1. The Morgan fingerprint density at radius 2 is 1.53 bits per heavy atom. The molecular formula is C37H41N2O6+. The molecule has 0 aliphatic carbocycles. The summed E-state index contributed by atoms with van der Waals surface area (Å²) < 4.78 is 25.2. The molecule has 0 radical (unpaired) electrons.